The number of anilines is 1. The van der Waals surface area contributed by atoms with Gasteiger partial charge in [-0.3, -0.25) is 14.6 Å². The number of fused-ring (bicyclic) bond motifs is 2. The first-order chi connectivity index (χ1) is 11.7. The van der Waals surface area contributed by atoms with E-state index in [1.807, 2.05) is 30.3 Å². The predicted octanol–water partition coefficient (Wildman–Crippen LogP) is 2.03. The van der Waals surface area contributed by atoms with Crippen LogP contribution in [-0.4, -0.2) is 31.1 Å². The van der Waals surface area contributed by atoms with Crippen molar-refractivity contribution in [3.8, 4) is 0 Å². The highest BCUT2D eigenvalue weighted by Gasteiger charge is 2.23. The average Bonchev–Trinajstić information content (AvgIpc) is 2.89. The van der Waals surface area contributed by atoms with Crippen LogP contribution < -0.4 is 16.0 Å². The molecule has 0 radical (unpaired) electrons. The molecule has 0 bridgehead atoms. The van der Waals surface area contributed by atoms with E-state index in [9.17, 15) is 9.59 Å². The molecular formula is C18H16N4O2. The zero-order chi connectivity index (χ0) is 16.5. The van der Waals surface area contributed by atoms with Crippen LogP contribution in [0.25, 0.3) is 0 Å². The highest BCUT2D eigenvalue weighted by atomic mass is 16.2. The van der Waals surface area contributed by atoms with Gasteiger partial charge < -0.3 is 16.0 Å². The Bertz CT molecular complexity index is 860. The molecule has 3 N–H and O–H groups in total. The zero-order valence-electron chi connectivity index (χ0n) is 12.9. The Morgan fingerprint density at radius 2 is 1.83 bits per heavy atom. The van der Waals surface area contributed by atoms with E-state index in [1.165, 1.54) is 0 Å². The minimum absolute atomic E-state index is 0.114. The number of amides is 2. The summed E-state index contributed by atoms with van der Waals surface area (Å²) in [5.41, 5.74) is 3.54. The fourth-order valence-corrected chi connectivity index (χ4v) is 2.98. The second-order valence-corrected chi connectivity index (χ2v) is 5.75. The van der Waals surface area contributed by atoms with E-state index in [4.69, 9.17) is 0 Å². The Balaban J connectivity index is 1.67. The average molecular weight is 320 g/mol. The number of aliphatic imine (C=N–C) groups is 1. The summed E-state index contributed by atoms with van der Waals surface area (Å²) in [6.45, 7) is 0.983. The highest BCUT2D eigenvalue weighted by molar-refractivity contribution is 6.02. The molecule has 24 heavy (non-hydrogen) atoms. The number of rotatable bonds is 1. The van der Waals surface area contributed by atoms with Gasteiger partial charge in [0.15, 0.2) is 0 Å². The predicted molar refractivity (Wildman–Crippen MR) is 92.1 cm³/mol. The minimum Gasteiger partial charge on any atom is -0.382 e. The van der Waals surface area contributed by atoms with Gasteiger partial charge in [-0.25, -0.2) is 0 Å². The van der Waals surface area contributed by atoms with Crippen molar-refractivity contribution in [2.45, 2.75) is 6.04 Å². The Labute approximate surface area is 139 Å². The number of nitrogens with one attached hydrogen (secondary N) is 3. The first kappa shape index (κ1) is 14.4. The molecule has 0 fully saturated rings. The largest absolute Gasteiger partial charge is 0.382 e. The zero-order valence-corrected chi connectivity index (χ0v) is 12.9. The van der Waals surface area contributed by atoms with Gasteiger partial charge in [0.2, 0.25) is 0 Å². The van der Waals surface area contributed by atoms with Gasteiger partial charge in [-0.15, -0.1) is 0 Å². The molecular weight excluding hydrogens is 304 g/mol. The molecule has 120 valence electrons. The second-order valence-electron chi connectivity index (χ2n) is 5.75. The maximum absolute atomic E-state index is 12.4. The quantitative estimate of drug-likeness (QED) is 0.752. The molecule has 2 aromatic carbocycles. The van der Waals surface area contributed by atoms with E-state index in [1.54, 1.807) is 18.3 Å². The summed E-state index contributed by atoms with van der Waals surface area (Å²) in [6, 6.07) is 12.7. The van der Waals surface area contributed by atoms with Gasteiger partial charge >= 0.3 is 0 Å². The summed E-state index contributed by atoms with van der Waals surface area (Å²) in [5, 5.41) is 9.09. The molecule has 0 saturated heterocycles. The van der Waals surface area contributed by atoms with E-state index in [-0.39, 0.29) is 17.9 Å². The standard InChI is InChI=1S/C18H16N4O2/c23-17-13-6-5-11(9-15(13)19-7-8-20-17)16-10-21-14-4-2-1-3-12(14)18(24)22-16/h1-7,9,16,21H,8,10H2,(H,20,23)(H,22,24). The third-order valence-electron chi connectivity index (χ3n) is 4.23. The van der Waals surface area contributed by atoms with Gasteiger partial charge in [-0.05, 0) is 29.8 Å². The molecule has 1 atom stereocenters. The Morgan fingerprint density at radius 1 is 0.958 bits per heavy atom. The molecule has 4 rings (SSSR count). The molecule has 2 aromatic rings. The number of para-hydroxylation sites is 1. The maximum atomic E-state index is 12.4. The van der Waals surface area contributed by atoms with Gasteiger partial charge in [-0.2, -0.15) is 0 Å². The third kappa shape index (κ3) is 2.52. The molecule has 1 unspecified atom stereocenters. The summed E-state index contributed by atoms with van der Waals surface area (Å²) < 4.78 is 0. The summed E-state index contributed by atoms with van der Waals surface area (Å²) >= 11 is 0. The lowest BCUT2D eigenvalue weighted by Gasteiger charge is -2.17. The Morgan fingerprint density at radius 3 is 2.75 bits per heavy atom. The molecule has 6 nitrogen and oxygen atoms in total. The van der Waals surface area contributed by atoms with Crippen molar-refractivity contribution in [2.24, 2.45) is 4.99 Å². The van der Waals surface area contributed by atoms with Gasteiger partial charge in [0, 0.05) is 18.4 Å². The summed E-state index contributed by atoms with van der Waals surface area (Å²) in [7, 11) is 0. The van der Waals surface area contributed by atoms with E-state index in [0.717, 1.165) is 11.3 Å². The van der Waals surface area contributed by atoms with Crippen molar-refractivity contribution in [3.05, 3.63) is 59.2 Å². The normalized spacial score (nSPS) is 19.1. The molecule has 2 heterocycles. The molecule has 2 amide bonds. The molecule has 6 heteroatoms. The molecule has 0 spiro atoms. The van der Waals surface area contributed by atoms with Gasteiger partial charge in [0.25, 0.3) is 11.8 Å². The smallest absolute Gasteiger partial charge is 0.253 e. The summed E-state index contributed by atoms with van der Waals surface area (Å²) in [5.74, 6) is -0.249. The van der Waals surface area contributed by atoms with Crippen LogP contribution in [0.4, 0.5) is 11.4 Å². The summed E-state index contributed by atoms with van der Waals surface area (Å²) in [4.78, 5) is 28.7. The molecule has 0 aromatic heterocycles. The topological polar surface area (TPSA) is 82.6 Å². The maximum Gasteiger partial charge on any atom is 0.253 e. The number of carbonyl (C=O) groups is 2. The van der Waals surface area contributed by atoms with Crippen LogP contribution in [0.2, 0.25) is 0 Å². The van der Waals surface area contributed by atoms with Crippen LogP contribution in [0, 0.1) is 0 Å². The highest BCUT2D eigenvalue weighted by Crippen LogP contribution is 2.28. The molecule has 0 aliphatic carbocycles. The SMILES string of the molecule is O=C1NCC=Nc2cc(C3CNc4ccccc4C(=O)N3)ccc21. The van der Waals surface area contributed by atoms with Crippen molar-refractivity contribution in [2.75, 3.05) is 18.4 Å². The van der Waals surface area contributed by atoms with Crippen molar-refractivity contribution < 1.29 is 9.59 Å². The summed E-state index contributed by atoms with van der Waals surface area (Å²) in [6.07, 6.45) is 1.67. The first-order valence-corrected chi connectivity index (χ1v) is 7.81. The van der Waals surface area contributed by atoms with E-state index in [2.05, 4.69) is 20.9 Å². The van der Waals surface area contributed by atoms with E-state index >= 15 is 0 Å². The van der Waals surface area contributed by atoms with Gasteiger partial charge in [0.1, 0.15) is 0 Å². The van der Waals surface area contributed by atoms with Crippen molar-refractivity contribution >= 4 is 29.4 Å². The van der Waals surface area contributed by atoms with Crippen LogP contribution >= 0.6 is 0 Å². The van der Waals surface area contributed by atoms with Crippen LogP contribution in [0.3, 0.4) is 0 Å². The Kier molecular flexibility index (Phi) is 3.49. The Hall–Kier alpha value is -3.15. The first-order valence-electron chi connectivity index (χ1n) is 7.81. The lowest BCUT2D eigenvalue weighted by atomic mass is 10.0. The van der Waals surface area contributed by atoms with Crippen LogP contribution in [0.1, 0.15) is 32.3 Å². The lowest BCUT2D eigenvalue weighted by molar-refractivity contribution is 0.0938. The van der Waals surface area contributed by atoms with Crippen LogP contribution in [-0.2, 0) is 0 Å². The number of hydrogen-bond acceptors (Lipinski definition) is 4. The number of hydrogen-bond donors (Lipinski definition) is 3. The van der Waals surface area contributed by atoms with Gasteiger partial charge in [-0.1, -0.05) is 18.2 Å². The lowest BCUT2D eigenvalue weighted by Crippen LogP contribution is -2.30. The third-order valence-corrected chi connectivity index (χ3v) is 4.23. The van der Waals surface area contributed by atoms with Crippen molar-refractivity contribution in [1.29, 1.82) is 0 Å². The second kappa shape index (κ2) is 5.81. The van der Waals surface area contributed by atoms with Crippen molar-refractivity contribution in [3.63, 3.8) is 0 Å². The van der Waals surface area contributed by atoms with Crippen LogP contribution in [0.5, 0.6) is 0 Å². The molecule has 0 saturated carbocycles. The number of benzene rings is 2. The fourth-order valence-electron chi connectivity index (χ4n) is 2.98. The number of carbonyl (C=O) groups excluding carboxylic acids is 2. The molecule has 2 aliphatic rings. The van der Waals surface area contributed by atoms with E-state index in [0.29, 0.717) is 29.9 Å². The fraction of sp³-hybridized carbons (Fsp3) is 0.167. The minimum atomic E-state index is -0.197. The molecule has 2 aliphatic heterocycles. The van der Waals surface area contributed by atoms with E-state index < -0.39 is 0 Å². The van der Waals surface area contributed by atoms with Crippen molar-refractivity contribution in [1.82, 2.24) is 10.6 Å². The number of nitrogens with zero attached hydrogens (tertiary/aromatic N) is 1. The monoisotopic (exact) mass is 320 g/mol. The van der Waals surface area contributed by atoms with Crippen LogP contribution in [0.15, 0.2) is 47.5 Å². The van der Waals surface area contributed by atoms with Gasteiger partial charge in [0.05, 0.1) is 29.4 Å².